The van der Waals surface area contributed by atoms with Crippen LogP contribution in [0.5, 0.6) is 0 Å². The average molecular weight is 453 g/mol. The van der Waals surface area contributed by atoms with E-state index in [0.717, 1.165) is 21.5 Å². The van der Waals surface area contributed by atoms with Crippen LogP contribution in [-0.4, -0.2) is 20.7 Å². The quantitative estimate of drug-likeness (QED) is 0.473. The maximum atomic E-state index is 14.0. The van der Waals surface area contributed by atoms with Gasteiger partial charge in [0.25, 0.3) is 11.8 Å². The molecule has 0 aliphatic rings. The Morgan fingerprint density at radius 2 is 1.94 bits per heavy atom. The lowest BCUT2D eigenvalue weighted by Gasteiger charge is -2.11. The standard InChI is InChI=1S/C23H18ClFN4O3/c1-3-19-16(11-14(12-26-19)22-28-29(2)23(31)32-22)13-7-9-15(10-8-13)27-21(30)20-17(24)5-4-6-18(20)25/h4-12H,3H2,1-2H3,(H,27,30). The SMILES string of the molecule is CCc1ncc(-c2nn(C)c(=O)o2)cc1-c1ccc(NC(=O)c2c(F)cccc2Cl)cc1. The Morgan fingerprint density at radius 1 is 1.19 bits per heavy atom. The highest BCUT2D eigenvalue weighted by atomic mass is 35.5. The second-order valence-corrected chi connectivity index (χ2v) is 7.40. The van der Waals surface area contributed by atoms with Crippen molar-refractivity contribution in [3.8, 4) is 22.6 Å². The molecule has 0 saturated heterocycles. The van der Waals surface area contributed by atoms with Crippen LogP contribution < -0.4 is 11.1 Å². The van der Waals surface area contributed by atoms with Gasteiger partial charge in [-0.15, -0.1) is 5.10 Å². The Balaban J connectivity index is 1.63. The first-order valence-electron chi connectivity index (χ1n) is 9.76. The molecule has 0 aliphatic heterocycles. The molecule has 0 radical (unpaired) electrons. The van der Waals surface area contributed by atoms with Crippen LogP contribution in [0.15, 0.2) is 63.9 Å². The number of nitrogens with zero attached hydrogens (tertiary/aromatic N) is 3. The van der Waals surface area contributed by atoms with Gasteiger partial charge in [0.15, 0.2) is 0 Å². The predicted molar refractivity (Wildman–Crippen MR) is 119 cm³/mol. The van der Waals surface area contributed by atoms with Crippen LogP contribution in [0.1, 0.15) is 23.0 Å². The number of halogens is 2. The third-order valence-corrected chi connectivity index (χ3v) is 5.20. The van der Waals surface area contributed by atoms with E-state index in [-0.39, 0.29) is 16.5 Å². The van der Waals surface area contributed by atoms with Crippen molar-refractivity contribution in [3.63, 3.8) is 0 Å². The first-order valence-corrected chi connectivity index (χ1v) is 10.1. The molecule has 162 valence electrons. The van der Waals surface area contributed by atoms with E-state index in [9.17, 15) is 14.0 Å². The molecule has 4 aromatic rings. The molecule has 2 aromatic carbocycles. The van der Waals surface area contributed by atoms with Crippen molar-refractivity contribution in [1.29, 1.82) is 0 Å². The monoisotopic (exact) mass is 452 g/mol. The summed E-state index contributed by atoms with van der Waals surface area (Å²) in [4.78, 5) is 28.5. The van der Waals surface area contributed by atoms with Gasteiger partial charge in [-0.2, -0.15) is 4.68 Å². The highest BCUT2D eigenvalue weighted by molar-refractivity contribution is 6.34. The summed E-state index contributed by atoms with van der Waals surface area (Å²) in [5.74, 6) is -1.71. The highest BCUT2D eigenvalue weighted by Crippen LogP contribution is 2.29. The molecule has 7 nitrogen and oxygen atoms in total. The van der Waals surface area contributed by atoms with Crippen molar-refractivity contribution in [2.45, 2.75) is 13.3 Å². The summed E-state index contributed by atoms with van der Waals surface area (Å²) in [5, 5.41) is 6.76. The number of pyridine rings is 1. The number of rotatable bonds is 5. The Bertz CT molecular complexity index is 1340. The Morgan fingerprint density at radius 3 is 2.56 bits per heavy atom. The summed E-state index contributed by atoms with van der Waals surface area (Å²) >= 11 is 5.96. The van der Waals surface area contributed by atoms with Crippen LogP contribution in [0.3, 0.4) is 0 Å². The molecule has 0 saturated carbocycles. The fraction of sp³-hybridized carbons (Fsp3) is 0.130. The van der Waals surface area contributed by atoms with Gasteiger partial charge in [-0.3, -0.25) is 9.78 Å². The second-order valence-electron chi connectivity index (χ2n) is 7.00. The van der Waals surface area contributed by atoms with Crippen LogP contribution in [0.25, 0.3) is 22.6 Å². The van der Waals surface area contributed by atoms with E-state index in [0.29, 0.717) is 17.7 Å². The third-order valence-electron chi connectivity index (χ3n) is 4.88. The van der Waals surface area contributed by atoms with E-state index in [1.807, 2.05) is 25.1 Å². The van der Waals surface area contributed by atoms with Gasteiger partial charge < -0.3 is 9.73 Å². The van der Waals surface area contributed by atoms with Crippen molar-refractivity contribution in [1.82, 2.24) is 14.8 Å². The van der Waals surface area contributed by atoms with Gasteiger partial charge in [-0.25, -0.2) is 9.18 Å². The predicted octanol–water partition coefficient (Wildman–Crippen LogP) is 4.71. The number of hydrogen-bond donors (Lipinski definition) is 1. The van der Waals surface area contributed by atoms with Crippen molar-refractivity contribution < 1.29 is 13.6 Å². The van der Waals surface area contributed by atoms with Crippen LogP contribution in [0.2, 0.25) is 5.02 Å². The first kappa shape index (κ1) is 21.5. The Kier molecular flexibility index (Phi) is 5.87. The number of amides is 1. The largest absolute Gasteiger partial charge is 0.437 e. The van der Waals surface area contributed by atoms with Gasteiger partial charge in [0, 0.05) is 30.2 Å². The fourth-order valence-corrected chi connectivity index (χ4v) is 3.49. The number of aryl methyl sites for hydroxylation is 2. The molecule has 0 bridgehead atoms. The molecular formula is C23H18ClFN4O3. The van der Waals surface area contributed by atoms with Gasteiger partial charge in [0.1, 0.15) is 5.82 Å². The van der Waals surface area contributed by atoms with Gasteiger partial charge in [-0.05, 0) is 42.3 Å². The number of nitrogens with one attached hydrogen (secondary N) is 1. The Labute approximate surface area is 187 Å². The number of hydrogen-bond acceptors (Lipinski definition) is 5. The molecule has 2 aromatic heterocycles. The normalized spacial score (nSPS) is 10.9. The average Bonchev–Trinajstić information content (AvgIpc) is 3.12. The molecule has 1 amide bonds. The summed E-state index contributed by atoms with van der Waals surface area (Å²) in [7, 11) is 1.51. The minimum absolute atomic E-state index is 0.0377. The fourth-order valence-electron chi connectivity index (χ4n) is 3.25. The number of carbonyl (C=O) groups excluding carboxylic acids is 1. The van der Waals surface area contributed by atoms with Gasteiger partial charge in [0.05, 0.1) is 16.1 Å². The first-order chi connectivity index (χ1) is 15.4. The topological polar surface area (TPSA) is 90.0 Å². The smallest absolute Gasteiger partial charge is 0.388 e. The summed E-state index contributed by atoms with van der Waals surface area (Å²) in [6.45, 7) is 1.99. The summed E-state index contributed by atoms with van der Waals surface area (Å²) < 4.78 is 20.3. The molecule has 0 atom stereocenters. The van der Waals surface area contributed by atoms with Crippen LogP contribution in [0.4, 0.5) is 10.1 Å². The lowest BCUT2D eigenvalue weighted by molar-refractivity contribution is 0.102. The van der Waals surface area contributed by atoms with E-state index < -0.39 is 17.5 Å². The zero-order valence-corrected chi connectivity index (χ0v) is 18.0. The highest BCUT2D eigenvalue weighted by Gasteiger charge is 2.17. The van der Waals surface area contributed by atoms with Crippen molar-refractivity contribution in [2.75, 3.05) is 5.32 Å². The molecule has 0 aliphatic carbocycles. The van der Waals surface area contributed by atoms with Crippen LogP contribution in [-0.2, 0) is 13.5 Å². The maximum Gasteiger partial charge on any atom is 0.437 e. The second kappa shape index (κ2) is 8.76. The molecule has 2 heterocycles. The molecular weight excluding hydrogens is 435 g/mol. The number of carbonyl (C=O) groups is 1. The minimum Gasteiger partial charge on any atom is -0.388 e. The molecule has 32 heavy (non-hydrogen) atoms. The van der Waals surface area contributed by atoms with Gasteiger partial charge in [0.2, 0.25) is 0 Å². The lowest BCUT2D eigenvalue weighted by atomic mass is 10.0. The molecule has 9 heteroatoms. The molecule has 1 N–H and O–H groups in total. The van der Waals surface area contributed by atoms with E-state index in [4.69, 9.17) is 16.0 Å². The van der Waals surface area contributed by atoms with E-state index in [1.54, 1.807) is 18.3 Å². The van der Waals surface area contributed by atoms with Crippen LogP contribution in [0, 0.1) is 5.82 Å². The maximum absolute atomic E-state index is 14.0. The van der Waals surface area contributed by atoms with Crippen molar-refractivity contribution in [2.24, 2.45) is 7.05 Å². The summed E-state index contributed by atoms with van der Waals surface area (Å²) in [5.41, 5.74) is 3.38. The zero-order chi connectivity index (χ0) is 22.8. The molecule has 0 unspecified atom stereocenters. The third kappa shape index (κ3) is 4.17. The zero-order valence-electron chi connectivity index (χ0n) is 17.2. The van der Waals surface area contributed by atoms with Crippen molar-refractivity contribution >= 4 is 23.2 Å². The molecule has 0 spiro atoms. The van der Waals surface area contributed by atoms with Gasteiger partial charge >= 0.3 is 5.76 Å². The number of anilines is 1. The molecule has 0 fully saturated rings. The minimum atomic E-state index is -0.691. The number of aromatic nitrogens is 3. The van der Waals surface area contributed by atoms with E-state index in [2.05, 4.69) is 15.4 Å². The summed E-state index contributed by atoms with van der Waals surface area (Å²) in [6.07, 6.45) is 2.30. The van der Waals surface area contributed by atoms with Crippen molar-refractivity contribution in [3.05, 3.63) is 87.4 Å². The summed E-state index contributed by atoms with van der Waals surface area (Å²) in [6, 6.07) is 13.0. The van der Waals surface area contributed by atoms with Crippen LogP contribution >= 0.6 is 11.6 Å². The molecule has 4 rings (SSSR count). The van der Waals surface area contributed by atoms with E-state index in [1.165, 1.54) is 25.2 Å². The van der Waals surface area contributed by atoms with E-state index >= 15 is 0 Å². The Hall–Kier alpha value is -3.78. The van der Waals surface area contributed by atoms with Gasteiger partial charge in [-0.1, -0.05) is 36.7 Å². The lowest BCUT2D eigenvalue weighted by Crippen LogP contribution is -2.14. The number of benzene rings is 2.